The topological polar surface area (TPSA) is 61.2 Å². The molecule has 1 aliphatic heterocycles. The summed E-state index contributed by atoms with van der Waals surface area (Å²) in [5, 5.41) is 0.487. The van der Waals surface area contributed by atoms with Crippen LogP contribution in [0.2, 0.25) is 0 Å². The Bertz CT molecular complexity index is 836. The number of nitrogens with zero attached hydrogens (tertiary/aromatic N) is 2. The largest absolute Gasteiger partial charge is 0.468 e. The van der Waals surface area contributed by atoms with E-state index in [2.05, 4.69) is 6.92 Å². The van der Waals surface area contributed by atoms with E-state index in [1.165, 1.54) is 18.9 Å². The van der Waals surface area contributed by atoms with Crippen LogP contribution in [0, 0.1) is 0 Å². The number of para-hydroxylation sites is 1. The Hall–Kier alpha value is -1.73. The van der Waals surface area contributed by atoms with Crippen molar-refractivity contribution in [2.75, 3.05) is 7.11 Å². The highest BCUT2D eigenvalue weighted by Gasteiger charge is 2.29. The van der Waals surface area contributed by atoms with Gasteiger partial charge in [-0.3, -0.25) is 14.2 Å². The van der Waals surface area contributed by atoms with E-state index in [1.807, 2.05) is 37.3 Å². The van der Waals surface area contributed by atoms with E-state index in [9.17, 15) is 9.59 Å². The maximum atomic E-state index is 13.1. The van der Waals surface area contributed by atoms with Crippen LogP contribution in [0.25, 0.3) is 5.69 Å². The Morgan fingerprint density at radius 1 is 1.44 bits per heavy atom. The first-order chi connectivity index (χ1) is 12.0. The van der Waals surface area contributed by atoms with Gasteiger partial charge in [0.15, 0.2) is 5.16 Å². The van der Waals surface area contributed by atoms with Gasteiger partial charge in [0.1, 0.15) is 5.25 Å². The molecule has 5 nitrogen and oxygen atoms in total. The van der Waals surface area contributed by atoms with Gasteiger partial charge in [-0.2, -0.15) is 0 Å². The summed E-state index contributed by atoms with van der Waals surface area (Å²) in [7, 11) is 1.38. The first-order valence-electron chi connectivity index (χ1n) is 8.17. The molecule has 0 fully saturated rings. The fraction of sp³-hybridized carbons (Fsp3) is 0.389. The van der Waals surface area contributed by atoms with Crippen LogP contribution in [-0.2, 0) is 16.0 Å². The van der Waals surface area contributed by atoms with E-state index < -0.39 is 5.25 Å². The van der Waals surface area contributed by atoms with E-state index in [1.54, 1.807) is 16.3 Å². The molecular weight excluding hydrogens is 356 g/mol. The zero-order valence-corrected chi connectivity index (χ0v) is 16.0. The molecule has 0 saturated heterocycles. The van der Waals surface area contributed by atoms with Crippen molar-refractivity contribution in [1.29, 1.82) is 0 Å². The van der Waals surface area contributed by atoms with Gasteiger partial charge in [-0.1, -0.05) is 43.8 Å². The number of carbonyl (C=O) groups excluding carboxylic acids is 1. The molecule has 25 heavy (non-hydrogen) atoms. The number of esters is 1. The third-order valence-corrected chi connectivity index (χ3v) is 6.49. The maximum absolute atomic E-state index is 13.1. The van der Waals surface area contributed by atoms with Crippen molar-refractivity contribution in [1.82, 2.24) is 9.55 Å². The van der Waals surface area contributed by atoms with Crippen molar-refractivity contribution in [3.05, 3.63) is 46.4 Å². The number of rotatable bonds is 5. The Morgan fingerprint density at radius 2 is 2.16 bits per heavy atom. The van der Waals surface area contributed by atoms with Crippen molar-refractivity contribution >= 4 is 29.5 Å². The van der Waals surface area contributed by atoms with Gasteiger partial charge in [-0.25, -0.2) is 4.98 Å². The molecule has 1 aromatic heterocycles. The smallest absolute Gasteiger partial charge is 0.319 e. The molecule has 2 heterocycles. The number of thioether (sulfide) groups is 2. The standard InChI is InChI=1S/C18H20N2O3S2/c1-4-14(17(22)23-3)25-18-19-13-10-11(2)24-15(13)16(21)20(18)12-8-6-5-7-9-12/h5-9,11,14H,4,10H2,1-3H3/t11-,14-/m0/s1. The zero-order chi connectivity index (χ0) is 18.0. The highest BCUT2D eigenvalue weighted by molar-refractivity contribution is 8.00. The number of aromatic nitrogens is 2. The molecule has 0 bridgehead atoms. The van der Waals surface area contributed by atoms with Crippen LogP contribution in [0.5, 0.6) is 0 Å². The molecule has 3 rings (SSSR count). The number of fused-ring (bicyclic) bond motifs is 1. The molecule has 1 aliphatic rings. The molecule has 0 radical (unpaired) electrons. The molecule has 0 aliphatic carbocycles. The van der Waals surface area contributed by atoms with Crippen molar-refractivity contribution in [2.45, 2.75) is 47.2 Å². The molecule has 2 atom stereocenters. The summed E-state index contributed by atoms with van der Waals surface area (Å²) < 4.78 is 6.49. The molecule has 132 valence electrons. The lowest BCUT2D eigenvalue weighted by atomic mass is 10.2. The molecule has 7 heteroatoms. The van der Waals surface area contributed by atoms with Gasteiger partial charge in [0.05, 0.1) is 23.4 Å². The summed E-state index contributed by atoms with van der Waals surface area (Å²) in [6, 6.07) is 9.43. The highest BCUT2D eigenvalue weighted by atomic mass is 32.2. The molecule has 0 unspecified atom stereocenters. The monoisotopic (exact) mass is 376 g/mol. The first kappa shape index (κ1) is 18.1. The second kappa shape index (κ2) is 7.66. The summed E-state index contributed by atoms with van der Waals surface area (Å²) in [5.41, 5.74) is 1.52. The normalized spacial score (nSPS) is 17.2. The van der Waals surface area contributed by atoms with Crippen molar-refractivity contribution < 1.29 is 9.53 Å². The molecule has 1 aromatic carbocycles. The molecule has 0 N–H and O–H groups in total. The molecular formula is C18H20N2O3S2. The minimum atomic E-state index is -0.392. The Morgan fingerprint density at radius 3 is 2.80 bits per heavy atom. The van der Waals surface area contributed by atoms with E-state index in [0.29, 0.717) is 21.7 Å². The number of ether oxygens (including phenoxy) is 1. The summed E-state index contributed by atoms with van der Waals surface area (Å²) in [6.45, 7) is 4.01. The van der Waals surface area contributed by atoms with Crippen LogP contribution in [-0.4, -0.2) is 33.1 Å². The quantitative estimate of drug-likeness (QED) is 0.453. The third kappa shape index (κ3) is 3.62. The maximum Gasteiger partial charge on any atom is 0.319 e. The predicted octanol–water partition coefficient (Wildman–Crippen LogP) is 3.31. The minimum Gasteiger partial charge on any atom is -0.468 e. The number of benzene rings is 1. The summed E-state index contributed by atoms with van der Waals surface area (Å²) in [6.07, 6.45) is 1.37. The number of hydrogen-bond donors (Lipinski definition) is 0. The second-order valence-electron chi connectivity index (χ2n) is 5.82. The van der Waals surface area contributed by atoms with E-state index >= 15 is 0 Å². The van der Waals surface area contributed by atoms with E-state index in [0.717, 1.165) is 17.8 Å². The van der Waals surface area contributed by atoms with Crippen LogP contribution < -0.4 is 5.56 Å². The molecule has 0 amide bonds. The van der Waals surface area contributed by atoms with Gasteiger partial charge in [0.25, 0.3) is 5.56 Å². The minimum absolute atomic E-state index is 0.0623. The van der Waals surface area contributed by atoms with Crippen molar-refractivity contribution in [3.8, 4) is 5.69 Å². The van der Waals surface area contributed by atoms with Gasteiger partial charge in [0, 0.05) is 11.7 Å². The average molecular weight is 377 g/mol. The van der Waals surface area contributed by atoms with Crippen LogP contribution in [0.15, 0.2) is 45.2 Å². The van der Waals surface area contributed by atoms with Crippen molar-refractivity contribution in [3.63, 3.8) is 0 Å². The second-order valence-corrected chi connectivity index (χ2v) is 8.44. The van der Waals surface area contributed by atoms with Crippen LogP contribution >= 0.6 is 23.5 Å². The fourth-order valence-corrected chi connectivity index (χ4v) is 4.91. The SMILES string of the molecule is CC[C@H](Sc1nc2c(c(=O)n1-c1ccccc1)S[C@@H](C)C2)C(=O)OC. The molecule has 0 saturated carbocycles. The van der Waals surface area contributed by atoms with Crippen LogP contribution in [0.1, 0.15) is 26.0 Å². The summed E-state index contributed by atoms with van der Waals surface area (Å²) in [5.74, 6) is -0.301. The zero-order valence-electron chi connectivity index (χ0n) is 14.4. The van der Waals surface area contributed by atoms with Gasteiger partial charge < -0.3 is 4.74 Å². The van der Waals surface area contributed by atoms with Gasteiger partial charge >= 0.3 is 5.97 Å². The lowest BCUT2D eigenvalue weighted by molar-refractivity contribution is -0.140. The lowest BCUT2D eigenvalue weighted by Crippen LogP contribution is -2.26. The predicted molar refractivity (Wildman–Crippen MR) is 101 cm³/mol. The number of carbonyl (C=O) groups is 1. The highest BCUT2D eigenvalue weighted by Crippen LogP contribution is 2.35. The Labute approximate surface area is 155 Å². The van der Waals surface area contributed by atoms with E-state index in [4.69, 9.17) is 9.72 Å². The fourth-order valence-electron chi connectivity index (χ4n) is 2.74. The summed E-state index contributed by atoms with van der Waals surface area (Å²) in [4.78, 5) is 30.6. The lowest BCUT2D eigenvalue weighted by Gasteiger charge is -2.17. The molecule has 2 aromatic rings. The summed E-state index contributed by atoms with van der Waals surface area (Å²) >= 11 is 2.87. The van der Waals surface area contributed by atoms with Gasteiger partial charge in [-0.05, 0) is 18.6 Å². The third-order valence-electron chi connectivity index (χ3n) is 3.98. The van der Waals surface area contributed by atoms with Crippen LogP contribution in [0.4, 0.5) is 0 Å². The van der Waals surface area contributed by atoms with Crippen molar-refractivity contribution in [2.24, 2.45) is 0 Å². The van der Waals surface area contributed by atoms with Gasteiger partial charge in [0.2, 0.25) is 0 Å². The number of methoxy groups -OCH3 is 1. The Balaban J connectivity index is 2.13. The molecule has 0 spiro atoms. The van der Waals surface area contributed by atoms with E-state index in [-0.39, 0.29) is 11.5 Å². The number of hydrogen-bond acceptors (Lipinski definition) is 6. The van der Waals surface area contributed by atoms with Gasteiger partial charge in [-0.15, -0.1) is 11.8 Å². The van der Waals surface area contributed by atoms with Crippen LogP contribution in [0.3, 0.4) is 0 Å². The average Bonchev–Trinajstić information content (AvgIpc) is 3.00. The first-order valence-corrected chi connectivity index (χ1v) is 9.93. The Kier molecular flexibility index (Phi) is 5.54.